The molecule has 0 bridgehead atoms. The maximum Gasteiger partial charge on any atom is 0.242 e. The van der Waals surface area contributed by atoms with Crippen molar-refractivity contribution in [3.63, 3.8) is 0 Å². The average molecular weight is 356 g/mol. The van der Waals surface area contributed by atoms with Gasteiger partial charge in [-0.05, 0) is 50.1 Å². The van der Waals surface area contributed by atoms with Crippen molar-refractivity contribution in [2.75, 3.05) is 40.4 Å². The van der Waals surface area contributed by atoms with E-state index in [1.54, 1.807) is 24.3 Å². The zero-order valence-electron chi connectivity index (χ0n) is 14.5. The SMILES string of the molecule is CN(C)S(=O)(=O)c1ccc(OCCN2CCCCC2CCO)cc1. The standard InChI is InChI=1S/C17H28N2O4S/c1-18(2)24(21,22)17-8-6-16(7-9-17)23-14-12-19-11-4-3-5-15(19)10-13-20/h6-9,15,20H,3-5,10-14H2,1-2H3. The summed E-state index contributed by atoms with van der Waals surface area (Å²) in [7, 11) is -0.369. The summed E-state index contributed by atoms with van der Waals surface area (Å²) in [6.07, 6.45) is 4.37. The molecule has 6 nitrogen and oxygen atoms in total. The Morgan fingerprint density at radius 1 is 1.25 bits per heavy atom. The van der Waals surface area contributed by atoms with Crippen LogP contribution in [0, 0.1) is 0 Å². The van der Waals surface area contributed by atoms with Gasteiger partial charge in [0.15, 0.2) is 0 Å². The van der Waals surface area contributed by atoms with Gasteiger partial charge in [-0.2, -0.15) is 0 Å². The summed E-state index contributed by atoms with van der Waals surface area (Å²) in [5.41, 5.74) is 0. The van der Waals surface area contributed by atoms with E-state index in [-0.39, 0.29) is 11.5 Å². The van der Waals surface area contributed by atoms with Crippen molar-refractivity contribution in [2.45, 2.75) is 36.6 Å². The van der Waals surface area contributed by atoms with Crippen LogP contribution in [-0.2, 0) is 10.0 Å². The van der Waals surface area contributed by atoms with E-state index < -0.39 is 10.0 Å². The zero-order chi connectivity index (χ0) is 17.6. The largest absolute Gasteiger partial charge is 0.492 e. The number of aliphatic hydroxyl groups excluding tert-OH is 1. The third-order valence-electron chi connectivity index (χ3n) is 4.46. The molecule has 0 amide bonds. The number of likely N-dealkylation sites (tertiary alicyclic amines) is 1. The number of nitrogens with zero attached hydrogens (tertiary/aromatic N) is 2. The Morgan fingerprint density at radius 3 is 2.58 bits per heavy atom. The molecule has 2 rings (SSSR count). The van der Waals surface area contributed by atoms with Crippen molar-refractivity contribution in [1.82, 2.24) is 9.21 Å². The molecule has 0 saturated carbocycles. The molecule has 1 aliphatic rings. The first-order valence-electron chi connectivity index (χ1n) is 8.45. The molecule has 1 aromatic rings. The van der Waals surface area contributed by atoms with E-state index in [4.69, 9.17) is 9.84 Å². The first-order chi connectivity index (χ1) is 11.4. The summed E-state index contributed by atoms with van der Waals surface area (Å²) >= 11 is 0. The van der Waals surface area contributed by atoms with Gasteiger partial charge >= 0.3 is 0 Å². The highest BCUT2D eigenvalue weighted by Gasteiger charge is 2.21. The van der Waals surface area contributed by atoms with E-state index >= 15 is 0 Å². The van der Waals surface area contributed by atoms with Gasteiger partial charge in [0.05, 0.1) is 4.90 Å². The lowest BCUT2D eigenvalue weighted by atomic mass is 10.00. The Kier molecular flexibility index (Phi) is 7.03. The van der Waals surface area contributed by atoms with E-state index in [1.807, 2.05) is 0 Å². The molecule has 1 heterocycles. The van der Waals surface area contributed by atoms with Crippen LogP contribution in [0.5, 0.6) is 5.75 Å². The molecule has 0 radical (unpaired) electrons. The second-order valence-corrected chi connectivity index (χ2v) is 8.46. The highest BCUT2D eigenvalue weighted by molar-refractivity contribution is 7.89. The van der Waals surface area contributed by atoms with E-state index in [1.165, 1.54) is 31.2 Å². The van der Waals surface area contributed by atoms with Crippen LogP contribution in [0.2, 0.25) is 0 Å². The average Bonchev–Trinajstić information content (AvgIpc) is 2.57. The van der Waals surface area contributed by atoms with Crippen molar-refractivity contribution >= 4 is 10.0 Å². The van der Waals surface area contributed by atoms with Gasteiger partial charge in [0.25, 0.3) is 0 Å². The van der Waals surface area contributed by atoms with E-state index in [0.717, 1.165) is 25.9 Å². The fourth-order valence-corrected chi connectivity index (χ4v) is 3.93. The summed E-state index contributed by atoms with van der Waals surface area (Å²) in [5, 5.41) is 9.16. The smallest absolute Gasteiger partial charge is 0.242 e. The molecular formula is C17H28N2O4S. The highest BCUT2D eigenvalue weighted by atomic mass is 32.2. The van der Waals surface area contributed by atoms with Gasteiger partial charge < -0.3 is 9.84 Å². The normalized spacial score (nSPS) is 19.6. The van der Waals surface area contributed by atoms with Gasteiger partial charge in [0, 0.05) is 33.3 Å². The van der Waals surface area contributed by atoms with Crippen molar-refractivity contribution in [2.24, 2.45) is 0 Å². The van der Waals surface area contributed by atoms with E-state index in [9.17, 15) is 8.42 Å². The molecule has 1 saturated heterocycles. The van der Waals surface area contributed by atoms with Crippen LogP contribution < -0.4 is 4.74 Å². The number of rotatable bonds is 8. The topological polar surface area (TPSA) is 70.1 Å². The number of hydrogen-bond donors (Lipinski definition) is 1. The maximum absolute atomic E-state index is 12.0. The molecule has 1 aliphatic heterocycles. The lowest BCUT2D eigenvalue weighted by molar-refractivity contribution is 0.102. The molecule has 136 valence electrons. The molecule has 0 aliphatic carbocycles. The molecule has 1 atom stereocenters. The molecule has 1 unspecified atom stereocenters. The molecular weight excluding hydrogens is 328 g/mol. The Hall–Kier alpha value is -1.15. The van der Waals surface area contributed by atoms with Gasteiger partial charge in [-0.3, -0.25) is 4.90 Å². The monoisotopic (exact) mass is 356 g/mol. The van der Waals surface area contributed by atoms with Crippen molar-refractivity contribution in [1.29, 1.82) is 0 Å². The van der Waals surface area contributed by atoms with E-state index in [2.05, 4.69) is 4.90 Å². The van der Waals surface area contributed by atoms with Gasteiger partial charge in [-0.25, -0.2) is 12.7 Å². The predicted molar refractivity (Wildman–Crippen MR) is 93.7 cm³/mol. The summed E-state index contributed by atoms with van der Waals surface area (Å²) in [6.45, 7) is 2.65. The minimum Gasteiger partial charge on any atom is -0.492 e. The van der Waals surface area contributed by atoms with Crippen LogP contribution >= 0.6 is 0 Å². The van der Waals surface area contributed by atoms with Crippen LogP contribution in [0.1, 0.15) is 25.7 Å². The van der Waals surface area contributed by atoms with Crippen molar-refractivity contribution in [3.8, 4) is 5.75 Å². The maximum atomic E-state index is 12.0. The molecule has 1 aromatic carbocycles. The Bertz CT molecular complexity index is 600. The molecule has 1 N–H and O–H groups in total. The summed E-state index contributed by atoms with van der Waals surface area (Å²) in [6, 6.07) is 6.97. The summed E-state index contributed by atoms with van der Waals surface area (Å²) < 4.78 is 31.0. The third-order valence-corrected chi connectivity index (χ3v) is 6.29. The van der Waals surface area contributed by atoms with Crippen molar-refractivity contribution in [3.05, 3.63) is 24.3 Å². The summed E-state index contributed by atoms with van der Waals surface area (Å²) in [4.78, 5) is 2.64. The van der Waals surface area contributed by atoms with Crippen LogP contribution in [-0.4, -0.2) is 69.2 Å². The Labute approximate surface area is 145 Å². The second-order valence-electron chi connectivity index (χ2n) is 6.31. The molecule has 1 fully saturated rings. The van der Waals surface area contributed by atoms with Crippen molar-refractivity contribution < 1.29 is 18.3 Å². The van der Waals surface area contributed by atoms with Crippen LogP contribution in [0.25, 0.3) is 0 Å². The minimum absolute atomic E-state index is 0.226. The van der Waals surface area contributed by atoms with Gasteiger partial charge in [-0.1, -0.05) is 6.42 Å². The van der Waals surface area contributed by atoms with Gasteiger partial charge in [-0.15, -0.1) is 0 Å². The molecule has 7 heteroatoms. The summed E-state index contributed by atoms with van der Waals surface area (Å²) in [5.74, 6) is 0.670. The van der Waals surface area contributed by atoms with E-state index in [0.29, 0.717) is 18.4 Å². The lowest BCUT2D eigenvalue weighted by Crippen LogP contribution is -2.42. The van der Waals surface area contributed by atoms with Crippen LogP contribution in [0.15, 0.2) is 29.2 Å². The first-order valence-corrected chi connectivity index (χ1v) is 9.89. The number of ether oxygens (including phenoxy) is 1. The Balaban J connectivity index is 1.86. The first kappa shape index (κ1) is 19.2. The minimum atomic E-state index is -3.40. The fourth-order valence-electron chi connectivity index (χ4n) is 3.03. The number of hydrogen-bond acceptors (Lipinski definition) is 5. The number of sulfonamides is 1. The van der Waals surface area contributed by atoms with Crippen LogP contribution in [0.4, 0.5) is 0 Å². The zero-order valence-corrected chi connectivity index (χ0v) is 15.3. The van der Waals surface area contributed by atoms with Crippen LogP contribution in [0.3, 0.4) is 0 Å². The number of piperidine rings is 1. The van der Waals surface area contributed by atoms with Gasteiger partial charge in [0.2, 0.25) is 10.0 Å². The Morgan fingerprint density at radius 2 is 1.96 bits per heavy atom. The van der Waals surface area contributed by atoms with Gasteiger partial charge in [0.1, 0.15) is 12.4 Å². The predicted octanol–water partition coefficient (Wildman–Crippen LogP) is 1.55. The number of benzene rings is 1. The fraction of sp³-hybridized carbons (Fsp3) is 0.647. The second kappa shape index (κ2) is 8.80. The lowest BCUT2D eigenvalue weighted by Gasteiger charge is -2.35. The molecule has 0 aromatic heterocycles. The quantitative estimate of drug-likeness (QED) is 0.765. The molecule has 24 heavy (non-hydrogen) atoms. The highest BCUT2D eigenvalue weighted by Crippen LogP contribution is 2.20. The molecule has 0 spiro atoms. The third kappa shape index (κ3) is 4.92. The number of aliphatic hydroxyl groups is 1.